The Labute approximate surface area is 90.2 Å². The lowest BCUT2D eigenvalue weighted by Crippen LogP contribution is -2.48. The summed E-state index contributed by atoms with van der Waals surface area (Å²) in [7, 11) is 0. The molecule has 0 atom stereocenters. The van der Waals surface area contributed by atoms with Crippen LogP contribution in [0.1, 0.15) is 0 Å². The van der Waals surface area contributed by atoms with Crippen LogP contribution in [-0.4, -0.2) is 24.0 Å². The van der Waals surface area contributed by atoms with Crippen LogP contribution in [0.15, 0.2) is 22.8 Å². The third-order valence-corrected chi connectivity index (χ3v) is 2.62. The Morgan fingerprint density at radius 3 is 3.00 bits per heavy atom. The molecule has 0 unspecified atom stereocenters. The SMILES string of the molecule is O=C(Nc1cc(Br)ccn1)C1CNC1. The van der Waals surface area contributed by atoms with Gasteiger partial charge in [0, 0.05) is 23.8 Å². The molecule has 14 heavy (non-hydrogen) atoms. The second-order valence-corrected chi connectivity index (χ2v) is 4.12. The predicted octanol–water partition coefficient (Wildman–Crippen LogP) is 1.00. The lowest BCUT2D eigenvalue weighted by atomic mass is 10.0. The molecule has 1 fully saturated rings. The molecule has 0 bridgehead atoms. The summed E-state index contributed by atoms with van der Waals surface area (Å²) in [6.07, 6.45) is 1.65. The van der Waals surface area contributed by atoms with E-state index in [0.29, 0.717) is 5.82 Å². The van der Waals surface area contributed by atoms with Gasteiger partial charge in [-0.3, -0.25) is 4.79 Å². The first-order valence-corrected chi connectivity index (χ1v) is 5.18. The van der Waals surface area contributed by atoms with Gasteiger partial charge in [-0.25, -0.2) is 4.98 Å². The Kier molecular flexibility index (Phi) is 2.79. The summed E-state index contributed by atoms with van der Waals surface area (Å²) in [5, 5.41) is 5.81. The van der Waals surface area contributed by atoms with Crippen LogP contribution in [0.4, 0.5) is 5.82 Å². The maximum atomic E-state index is 11.5. The van der Waals surface area contributed by atoms with Crippen LogP contribution in [0.25, 0.3) is 0 Å². The van der Waals surface area contributed by atoms with Gasteiger partial charge in [0.1, 0.15) is 5.82 Å². The normalized spacial score (nSPS) is 16.1. The molecule has 0 spiro atoms. The van der Waals surface area contributed by atoms with Gasteiger partial charge in [0.2, 0.25) is 5.91 Å². The number of hydrogen-bond donors (Lipinski definition) is 2. The third-order valence-electron chi connectivity index (χ3n) is 2.13. The van der Waals surface area contributed by atoms with E-state index in [-0.39, 0.29) is 11.8 Å². The van der Waals surface area contributed by atoms with E-state index in [4.69, 9.17) is 0 Å². The van der Waals surface area contributed by atoms with Gasteiger partial charge < -0.3 is 10.6 Å². The van der Waals surface area contributed by atoms with E-state index in [1.54, 1.807) is 12.3 Å². The number of carbonyl (C=O) groups is 1. The van der Waals surface area contributed by atoms with Crippen LogP contribution in [-0.2, 0) is 4.79 Å². The molecule has 5 heteroatoms. The Balaban J connectivity index is 1.99. The molecule has 1 saturated heterocycles. The minimum atomic E-state index is 0.0364. The van der Waals surface area contributed by atoms with Gasteiger partial charge in [0.15, 0.2) is 0 Å². The minimum Gasteiger partial charge on any atom is -0.315 e. The highest BCUT2D eigenvalue weighted by atomic mass is 79.9. The van der Waals surface area contributed by atoms with Gasteiger partial charge in [0.25, 0.3) is 0 Å². The highest BCUT2D eigenvalue weighted by molar-refractivity contribution is 9.10. The Morgan fingerprint density at radius 1 is 1.64 bits per heavy atom. The number of rotatable bonds is 2. The van der Waals surface area contributed by atoms with E-state index in [1.165, 1.54) is 0 Å². The van der Waals surface area contributed by atoms with Gasteiger partial charge in [-0.1, -0.05) is 15.9 Å². The molecule has 2 N–H and O–H groups in total. The van der Waals surface area contributed by atoms with Crippen molar-refractivity contribution in [2.75, 3.05) is 18.4 Å². The summed E-state index contributed by atoms with van der Waals surface area (Å²) in [5.74, 6) is 0.724. The molecule has 1 aromatic rings. The van der Waals surface area contributed by atoms with Crippen molar-refractivity contribution in [2.45, 2.75) is 0 Å². The van der Waals surface area contributed by atoms with Crippen molar-refractivity contribution in [3.63, 3.8) is 0 Å². The quantitative estimate of drug-likeness (QED) is 0.830. The van der Waals surface area contributed by atoms with Crippen LogP contribution in [0.3, 0.4) is 0 Å². The molecule has 1 aliphatic rings. The lowest BCUT2D eigenvalue weighted by molar-refractivity contribution is -0.121. The molecular weight excluding hydrogens is 246 g/mol. The summed E-state index contributed by atoms with van der Waals surface area (Å²) in [4.78, 5) is 15.5. The number of pyridine rings is 1. The van der Waals surface area contributed by atoms with Gasteiger partial charge in [-0.2, -0.15) is 0 Å². The average Bonchev–Trinajstić information content (AvgIpc) is 1.99. The van der Waals surface area contributed by atoms with Crippen LogP contribution >= 0.6 is 15.9 Å². The smallest absolute Gasteiger partial charge is 0.231 e. The summed E-state index contributed by atoms with van der Waals surface area (Å²) in [6.45, 7) is 1.53. The number of halogens is 1. The predicted molar refractivity (Wildman–Crippen MR) is 56.9 cm³/mol. The number of nitrogens with zero attached hydrogens (tertiary/aromatic N) is 1. The fourth-order valence-electron chi connectivity index (χ4n) is 1.18. The second kappa shape index (κ2) is 4.06. The standard InChI is InChI=1S/C9H10BrN3O/c10-7-1-2-12-8(3-7)13-9(14)6-4-11-5-6/h1-3,6,11H,4-5H2,(H,12,13,14). The molecule has 74 valence electrons. The first-order valence-electron chi connectivity index (χ1n) is 4.39. The van der Waals surface area contributed by atoms with Crippen molar-refractivity contribution in [1.29, 1.82) is 0 Å². The summed E-state index contributed by atoms with van der Waals surface area (Å²) in [6, 6.07) is 3.60. The molecule has 4 nitrogen and oxygen atoms in total. The molecule has 0 aromatic carbocycles. The number of carbonyl (C=O) groups excluding carboxylic acids is 1. The lowest BCUT2D eigenvalue weighted by Gasteiger charge is -2.25. The Hall–Kier alpha value is -0.940. The fourth-order valence-corrected chi connectivity index (χ4v) is 1.51. The van der Waals surface area contributed by atoms with Gasteiger partial charge >= 0.3 is 0 Å². The minimum absolute atomic E-state index is 0.0364. The summed E-state index contributed by atoms with van der Waals surface area (Å²) in [5.41, 5.74) is 0. The number of amides is 1. The van der Waals surface area contributed by atoms with Crippen molar-refractivity contribution < 1.29 is 4.79 Å². The van der Waals surface area contributed by atoms with E-state index in [9.17, 15) is 4.79 Å². The Bertz CT molecular complexity index is 352. The first-order chi connectivity index (χ1) is 6.75. The van der Waals surface area contributed by atoms with Gasteiger partial charge in [-0.05, 0) is 12.1 Å². The van der Waals surface area contributed by atoms with Crippen LogP contribution in [0, 0.1) is 5.92 Å². The fraction of sp³-hybridized carbons (Fsp3) is 0.333. The zero-order valence-corrected chi connectivity index (χ0v) is 9.04. The zero-order valence-electron chi connectivity index (χ0n) is 7.46. The molecule has 1 aromatic heterocycles. The highest BCUT2D eigenvalue weighted by Crippen LogP contribution is 2.14. The Morgan fingerprint density at radius 2 is 2.43 bits per heavy atom. The third kappa shape index (κ3) is 2.10. The molecule has 1 aliphatic heterocycles. The number of anilines is 1. The van der Waals surface area contributed by atoms with Crippen molar-refractivity contribution >= 4 is 27.7 Å². The average molecular weight is 256 g/mol. The van der Waals surface area contributed by atoms with Crippen molar-refractivity contribution in [1.82, 2.24) is 10.3 Å². The molecule has 2 heterocycles. The van der Waals surface area contributed by atoms with E-state index in [2.05, 4.69) is 31.5 Å². The molecule has 1 amide bonds. The first kappa shape index (κ1) is 9.61. The summed E-state index contributed by atoms with van der Waals surface area (Å²) >= 11 is 3.32. The number of nitrogens with one attached hydrogen (secondary N) is 2. The summed E-state index contributed by atoms with van der Waals surface area (Å²) < 4.78 is 0.912. The van der Waals surface area contributed by atoms with Crippen LogP contribution in [0.5, 0.6) is 0 Å². The van der Waals surface area contributed by atoms with E-state index < -0.39 is 0 Å². The van der Waals surface area contributed by atoms with E-state index >= 15 is 0 Å². The highest BCUT2D eigenvalue weighted by Gasteiger charge is 2.24. The number of hydrogen-bond acceptors (Lipinski definition) is 3. The second-order valence-electron chi connectivity index (χ2n) is 3.20. The van der Waals surface area contributed by atoms with Crippen molar-refractivity contribution in [3.05, 3.63) is 22.8 Å². The molecule has 0 saturated carbocycles. The molecule has 0 aliphatic carbocycles. The monoisotopic (exact) mass is 255 g/mol. The molecular formula is C9H10BrN3O. The maximum Gasteiger partial charge on any atom is 0.231 e. The van der Waals surface area contributed by atoms with Crippen LogP contribution in [0.2, 0.25) is 0 Å². The van der Waals surface area contributed by atoms with Gasteiger partial charge in [0.05, 0.1) is 5.92 Å². The van der Waals surface area contributed by atoms with E-state index in [0.717, 1.165) is 17.6 Å². The van der Waals surface area contributed by atoms with Crippen molar-refractivity contribution in [3.8, 4) is 0 Å². The zero-order chi connectivity index (χ0) is 9.97. The molecule has 2 rings (SSSR count). The number of aromatic nitrogens is 1. The topological polar surface area (TPSA) is 54.0 Å². The largest absolute Gasteiger partial charge is 0.315 e. The maximum absolute atomic E-state index is 11.5. The van der Waals surface area contributed by atoms with Crippen LogP contribution < -0.4 is 10.6 Å². The van der Waals surface area contributed by atoms with Gasteiger partial charge in [-0.15, -0.1) is 0 Å². The molecule has 0 radical (unpaired) electrons. The van der Waals surface area contributed by atoms with E-state index in [1.807, 2.05) is 6.07 Å². The van der Waals surface area contributed by atoms with Crippen molar-refractivity contribution in [2.24, 2.45) is 5.92 Å².